The predicted molar refractivity (Wildman–Crippen MR) is 94.7 cm³/mol. The van der Waals surface area contributed by atoms with Crippen molar-refractivity contribution in [3.05, 3.63) is 58.9 Å². The summed E-state index contributed by atoms with van der Waals surface area (Å²) in [6.45, 7) is 0.576. The fourth-order valence-electron chi connectivity index (χ4n) is 2.78. The summed E-state index contributed by atoms with van der Waals surface area (Å²) in [5.41, 5.74) is 0.825. The lowest BCUT2D eigenvalue weighted by molar-refractivity contribution is 0.332. The number of benzene rings is 2. The molecule has 0 aliphatic rings. The van der Waals surface area contributed by atoms with Gasteiger partial charge in [0.2, 0.25) is 0 Å². The third kappa shape index (κ3) is 3.39. The summed E-state index contributed by atoms with van der Waals surface area (Å²) in [5.74, 6) is -2.61. The number of nitriles is 1. The SMILES string of the molecule is Cc1ccc(-c2noc(CF)c2-c2cc(F)c(S(C)(=O)=O)cc2F)cc1C#N. The molecule has 0 radical (unpaired) electrons. The number of sulfone groups is 1. The summed E-state index contributed by atoms with van der Waals surface area (Å²) in [6, 6.07) is 7.88. The Hall–Kier alpha value is -3.12. The normalized spacial score (nSPS) is 11.4. The highest BCUT2D eigenvalue weighted by molar-refractivity contribution is 7.90. The number of rotatable bonds is 4. The van der Waals surface area contributed by atoms with Crippen molar-refractivity contribution in [3.8, 4) is 28.5 Å². The van der Waals surface area contributed by atoms with Crippen molar-refractivity contribution >= 4 is 9.84 Å². The summed E-state index contributed by atoms with van der Waals surface area (Å²) in [6.07, 6.45) is 0.748. The lowest BCUT2D eigenvalue weighted by Crippen LogP contribution is -2.03. The van der Waals surface area contributed by atoms with Gasteiger partial charge in [0.25, 0.3) is 0 Å². The van der Waals surface area contributed by atoms with Gasteiger partial charge in [0, 0.05) is 17.4 Å². The highest BCUT2D eigenvalue weighted by Gasteiger charge is 2.25. The van der Waals surface area contributed by atoms with Gasteiger partial charge in [-0.25, -0.2) is 21.6 Å². The third-order valence-electron chi connectivity index (χ3n) is 4.21. The van der Waals surface area contributed by atoms with E-state index in [0.29, 0.717) is 28.8 Å². The number of alkyl halides is 1. The minimum atomic E-state index is -4.00. The van der Waals surface area contributed by atoms with Gasteiger partial charge in [-0.05, 0) is 30.7 Å². The molecule has 0 aliphatic heterocycles. The lowest BCUT2D eigenvalue weighted by Gasteiger charge is -2.09. The molecule has 3 rings (SSSR count). The second-order valence-electron chi connectivity index (χ2n) is 6.14. The van der Waals surface area contributed by atoms with Crippen LogP contribution in [0.5, 0.6) is 0 Å². The number of hydrogen-bond donors (Lipinski definition) is 0. The molecule has 0 saturated heterocycles. The minimum Gasteiger partial charge on any atom is -0.357 e. The van der Waals surface area contributed by atoms with Crippen molar-refractivity contribution in [2.45, 2.75) is 18.5 Å². The van der Waals surface area contributed by atoms with E-state index >= 15 is 0 Å². The molecule has 0 fully saturated rings. The zero-order chi connectivity index (χ0) is 20.6. The number of nitrogens with zero attached hydrogens (tertiary/aromatic N) is 2. The van der Waals surface area contributed by atoms with E-state index in [2.05, 4.69) is 5.16 Å². The Bertz CT molecular complexity index is 1230. The van der Waals surface area contributed by atoms with E-state index in [1.807, 2.05) is 6.07 Å². The predicted octanol–water partition coefficient (Wildman–Crippen LogP) is 4.34. The van der Waals surface area contributed by atoms with Crippen LogP contribution in [0.3, 0.4) is 0 Å². The van der Waals surface area contributed by atoms with Crippen molar-refractivity contribution in [3.63, 3.8) is 0 Å². The van der Waals surface area contributed by atoms with Crippen LogP contribution in [0, 0.1) is 29.9 Å². The van der Waals surface area contributed by atoms with Crippen molar-refractivity contribution in [1.29, 1.82) is 5.26 Å². The Morgan fingerprint density at radius 2 is 1.89 bits per heavy atom. The van der Waals surface area contributed by atoms with E-state index < -0.39 is 38.6 Å². The molecular weight excluding hydrogens is 393 g/mol. The lowest BCUT2D eigenvalue weighted by atomic mass is 9.96. The molecule has 0 aliphatic carbocycles. The van der Waals surface area contributed by atoms with E-state index in [9.17, 15) is 26.9 Å². The Kier molecular flexibility index (Phi) is 5.00. The number of halogens is 3. The molecule has 0 spiro atoms. The molecule has 28 heavy (non-hydrogen) atoms. The first-order valence-electron chi connectivity index (χ1n) is 7.92. The maximum absolute atomic E-state index is 14.7. The van der Waals surface area contributed by atoms with Gasteiger partial charge in [0.15, 0.2) is 22.3 Å². The fraction of sp³-hybridized carbons (Fsp3) is 0.158. The van der Waals surface area contributed by atoms with E-state index in [1.54, 1.807) is 19.1 Å². The van der Waals surface area contributed by atoms with Crippen LogP contribution >= 0.6 is 0 Å². The molecule has 0 saturated carbocycles. The van der Waals surface area contributed by atoms with Crippen molar-refractivity contribution in [2.75, 3.05) is 6.26 Å². The summed E-state index contributed by atoms with van der Waals surface area (Å²) in [4.78, 5) is -0.810. The first kappa shape index (κ1) is 19.6. The molecule has 0 amide bonds. The summed E-state index contributed by atoms with van der Waals surface area (Å²) in [7, 11) is -4.00. The van der Waals surface area contributed by atoms with Crippen LogP contribution in [0.4, 0.5) is 13.2 Å². The van der Waals surface area contributed by atoms with Crippen LogP contribution in [0.1, 0.15) is 16.9 Å². The highest BCUT2D eigenvalue weighted by atomic mass is 32.2. The Morgan fingerprint density at radius 1 is 1.18 bits per heavy atom. The summed E-state index contributed by atoms with van der Waals surface area (Å²) in [5, 5.41) is 12.9. The monoisotopic (exact) mass is 406 g/mol. The number of hydrogen-bond acceptors (Lipinski definition) is 5. The molecule has 2 aromatic carbocycles. The first-order chi connectivity index (χ1) is 13.2. The molecule has 5 nitrogen and oxygen atoms in total. The summed E-state index contributed by atoms with van der Waals surface area (Å²) >= 11 is 0. The maximum Gasteiger partial charge on any atom is 0.178 e. The quantitative estimate of drug-likeness (QED) is 0.644. The molecular formula is C19H13F3N2O3S. The van der Waals surface area contributed by atoms with Crippen molar-refractivity contribution < 1.29 is 26.1 Å². The Labute approximate surface area is 158 Å². The maximum atomic E-state index is 14.7. The van der Waals surface area contributed by atoms with Crippen LogP contribution in [-0.4, -0.2) is 19.8 Å². The van der Waals surface area contributed by atoms with Crippen LogP contribution in [0.15, 0.2) is 39.8 Å². The van der Waals surface area contributed by atoms with Crippen molar-refractivity contribution in [1.82, 2.24) is 5.16 Å². The van der Waals surface area contributed by atoms with Gasteiger partial charge in [-0.1, -0.05) is 17.3 Å². The second-order valence-corrected chi connectivity index (χ2v) is 8.12. The van der Waals surface area contributed by atoms with Crippen LogP contribution < -0.4 is 0 Å². The van der Waals surface area contributed by atoms with Gasteiger partial charge >= 0.3 is 0 Å². The summed E-state index contributed by atoms with van der Waals surface area (Å²) < 4.78 is 70.5. The molecule has 9 heteroatoms. The standard InChI is InChI=1S/C19H13F3N2O3S/c1-10-3-4-11(5-12(10)9-23)19-18(16(8-20)27-24-19)13-6-15(22)17(7-14(13)21)28(2,25)26/h3-7H,8H2,1-2H3. The average Bonchev–Trinajstić information content (AvgIpc) is 3.06. The third-order valence-corrected chi connectivity index (χ3v) is 5.32. The number of aryl methyl sites for hydroxylation is 1. The van der Waals surface area contributed by atoms with Gasteiger partial charge in [0.05, 0.1) is 17.2 Å². The fourth-order valence-corrected chi connectivity index (χ4v) is 3.51. The van der Waals surface area contributed by atoms with E-state index in [1.165, 1.54) is 6.07 Å². The average molecular weight is 406 g/mol. The molecule has 0 atom stereocenters. The van der Waals surface area contributed by atoms with Gasteiger partial charge in [0.1, 0.15) is 22.2 Å². The molecule has 1 aromatic heterocycles. The van der Waals surface area contributed by atoms with E-state index in [-0.39, 0.29) is 17.0 Å². The van der Waals surface area contributed by atoms with Crippen LogP contribution in [0.25, 0.3) is 22.4 Å². The zero-order valence-corrected chi connectivity index (χ0v) is 15.6. The molecule has 3 aromatic rings. The molecule has 0 bridgehead atoms. The molecule has 1 heterocycles. The van der Waals surface area contributed by atoms with Crippen LogP contribution in [0.2, 0.25) is 0 Å². The van der Waals surface area contributed by atoms with Crippen molar-refractivity contribution in [2.24, 2.45) is 0 Å². The molecule has 0 unspecified atom stereocenters. The second kappa shape index (κ2) is 7.13. The van der Waals surface area contributed by atoms with Crippen LogP contribution in [-0.2, 0) is 16.5 Å². The first-order valence-corrected chi connectivity index (χ1v) is 9.81. The van der Waals surface area contributed by atoms with Gasteiger partial charge in [-0.2, -0.15) is 5.26 Å². The smallest absolute Gasteiger partial charge is 0.178 e. The topological polar surface area (TPSA) is 84.0 Å². The van der Waals surface area contributed by atoms with Gasteiger partial charge in [-0.3, -0.25) is 0 Å². The Morgan fingerprint density at radius 3 is 2.50 bits per heavy atom. The van der Waals surface area contributed by atoms with Gasteiger partial charge < -0.3 is 4.52 Å². The van der Waals surface area contributed by atoms with E-state index in [4.69, 9.17) is 4.52 Å². The molecule has 0 N–H and O–H groups in total. The minimum absolute atomic E-state index is 0.00885. The van der Waals surface area contributed by atoms with Gasteiger partial charge in [-0.15, -0.1) is 0 Å². The zero-order valence-electron chi connectivity index (χ0n) is 14.8. The molecule has 144 valence electrons. The van der Waals surface area contributed by atoms with E-state index in [0.717, 1.165) is 6.26 Å². The number of aromatic nitrogens is 1. The highest BCUT2D eigenvalue weighted by Crippen LogP contribution is 2.38. The Balaban J connectivity index is 2.29. The largest absolute Gasteiger partial charge is 0.357 e.